The van der Waals surface area contributed by atoms with E-state index in [0.717, 1.165) is 38.5 Å². The van der Waals surface area contributed by atoms with Crippen LogP contribution in [-0.4, -0.2) is 24.5 Å². The highest BCUT2D eigenvalue weighted by Gasteiger charge is 2.37. The molecule has 1 heterocycles. The zero-order valence-corrected chi connectivity index (χ0v) is 18.8. The minimum Gasteiger partial charge on any atom is -0.494 e. The lowest BCUT2D eigenvalue weighted by Gasteiger charge is -2.27. The molecule has 1 aliphatic heterocycles. The van der Waals surface area contributed by atoms with Gasteiger partial charge in [0.2, 0.25) is 0 Å². The number of aryl methyl sites for hydroxylation is 3. The van der Waals surface area contributed by atoms with Crippen LogP contribution in [0.1, 0.15) is 54.5 Å². The van der Waals surface area contributed by atoms with Crippen molar-refractivity contribution in [2.45, 2.75) is 47.5 Å². The molecule has 0 aromatic heterocycles. The smallest absolute Gasteiger partial charge is 0.335 e. The summed E-state index contributed by atoms with van der Waals surface area (Å²) >= 11 is 0. The molecule has 2 aromatic carbocycles. The highest BCUT2D eigenvalue weighted by molar-refractivity contribution is 6.39. The normalized spacial score (nSPS) is 15.6. The summed E-state index contributed by atoms with van der Waals surface area (Å²) < 4.78 is 5.76. The Morgan fingerprint density at radius 2 is 1.65 bits per heavy atom. The summed E-state index contributed by atoms with van der Waals surface area (Å²) in [6.45, 7) is 12.3. The van der Waals surface area contributed by atoms with Gasteiger partial charge in [0.15, 0.2) is 0 Å². The van der Waals surface area contributed by atoms with Crippen LogP contribution in [0.2, 0.25) is 0 Å². The van der Waals surface area contributed by atoms with Gasteiger partial charge in [0.25, 0.3) is 11.8 Å². The Kier molecular flexibility index (Phi) is 6.29. The van der Waals surface area contributed by atoms with E-state index in [-0.39, 0.29) is 11.5 Å². The van der Waals surface area contributed by atoms with Crippen molar-refractivity contribution >= 4 is 29.6 Å². The summed E-state index contributed by atoms with van der Waals surface area (Å²) in [5, 5.41) is 2.29. The third-order valence-corrected chi connectivity index (χ3v) is 5.19. The van der Waals surface area contributed by atoms with Gasteiger partial charge in [0.1, 0.15) is 11.3 Å². The number of ether oxygens (including phenoxy) is 1. The van der Waals surface area contributed by atoms with Gasteiger partial charge in [0.05, 0.1) is 12.3 Å². The van der Waals surface area contributed by atoms with Crippen LogP contribution in [0.15, 0.2) is 35.9 Å². The average Bonchev–Trinajstić information content (AvgIpc) is 2.65. The van der Waals surface area contributed by atoms with Gasteiger partial charge in [-0.2, -0.15) is 0 Å². The predicted octanol–water partition coefficient (Wildman–Crippen LogP) is 4.80. The Labute approximate surface area is 182 Å². The highest BCUT2D eigenvalue weighted by atomic mass is 16.5. The summed E-state index contributed by atoms with van der Waals surface area (Å²) in [5.41, 5.74) is 4.79. The Hall–Kier alpha value is -3.41. The number of carbonyl (C=O) groups is 3. The van der Waals surface area contributed by atoms with E-state index in [0.29, 0.717) is 12.3 Å². The van der Waals surface area contributed by atoms with Gasteiger partial charge >= 0.3 is 6.03 Å². The number of carbonyl (C=O) groups excluding carboxylic acids is 3. The number of benzene rings is 2. The Morgan fingerprint density at radius 1 is 1.00 bits per heavy atom. The fourth-order valence-electron chi connectivity index (χ4n) is 3.73. The van der Waals surface area contributed by atoms with Gasteiger partial charge in [-0.1, -0.05) is 19.9 Å². The number of hydrogen-bond donors (Lipinski definition) is 1. The van der Waals surface area contributed by atoms with Crippen molar-refractivity contribution in [1.82, 2.24) is 5.32 Å². The molecule has 31 heavy (non-hydrogen) atoms. The van der Waals surface area contributed by atoms with Gasteiger partial charge in [0, 0.05) is 0 Å². The first-order chi connectivity index (χ1) is 14.6. The Morgan fingerprint density at radius 3 is 2.23 bits per heavy atom. The molecule has 2 aromatic rings. The first-order valence-electron chi connectivity index (χ1n) is 10.4. The molecule has 0 radical (unpaired) electrons. The average molecular weight is 421 g/mol. The van der Waals surface area contributed by atoms with Crippen molar-refractivity contribution < 1.29 is 19.1 Å². The molecule has 3 rings (SSSR count). The number of rotatable bonds is 5. The quantitative estimate of drug-likeness (QED) is 0.557. The van der Waals surface area contributed by atoms with E-state index >= 15 is 0 Å². The van der Waals surface area contributed by atoms with E-state index in [2.05, 4.69) is 19.2 Å². The number of hydrogen-bond acceptors (Lipinski definition) is 4. The number of amides is 4. The van der Waals surface area contributed by atoms with E-state index in [1.54, 1.807) is 18.2 Å². The van der Waals surface area contributed by atoms with Gasteiger partial charge in [-0.15, -0.1) is 0 Å². The van der Waals surface area contributed by atoms with Crippen LogP contribution in [0.3, 0.4) is 0 Å². The molecule has 0 aliphatic carbocycles. The van der Waals surface area contributed by atoms with Crippen LogP contribution in [0, 0.1) is 20.8 Å². The lowest BCUT2D eigenvalue weighted by molar-refractivity contribution is -0.122. The molecule has 6 nitrogen and oxygen atoms in total. The number of imide groups is 2. The molecule has 0 unspecified atom stereocenters. The van der Waals surface area contributed by atoms with Crippen molar-refractivity contribution in [3.05, 3.63) is 63.7 Å². The first kappa shape index (κ1) is 22.3. The zero-order chi connectivity index (χ0) is 22.9. The van der Waals surface area contributed by atoms with Gasteiger partial charge in [-0.3, -0.25) is 14.9 Å². The fraction of sp³-hybridized carbons (Fsp3) is 0.320. The minimum absolute atomic E-state index is 0.0827. The van der Waals surface area contributed by atoms with E-state index < -0.39 is 17.8 Å². The van der Waals surface area contributed by atoms with Crippen LogP contribution in [0.4, 0.5) is 10.5 Å². The van der Waals surface area contributed by atoms with E-state index in [9.17, 15) is 14.4 Å². The molecule has 1 saturated heterocycles. The monoisotopic (exact) mass is 420 g/mol. The van der Waals surface area contributed by atoms with Crippen molar-refractivity contribution in [2.75, 3.05) is 11.5 Å². The SMILES string of the molecule is CCOc1cc(C)c(/C=C2\C(=O)NC(=O)N(c3cc(C)cc(C)c3)C2=O)cc1C(C)C. The van der Waals surface area contributed by atoms with Crippen LogP contribution in [0.5, 0.6) is 5.75 Å². The molecular formula is C25H28N2O4. The van der Waals surface area contributed by atoms with Crippen molar-refractivity contribution in [2.24, 2.45) is 0 Å². The minimum atomic E-state index is -0.747. The van der Waals surface area contributed by atoms with Crippen molar-refractivity contribution in [1.29, 1.82) is 0 Å². The third-order valence-electron chi connectivity index (χ3n) is 5.19. The fourth-order valence-corrected chi connectivity index (χ4v) is 3.73. The van der Waals surface area contributed by atoms with E-state index in [1.165, 1.54) is 0 Å². The summed E-state index contributed by atoms with van der Waals surface area (Å²) in [7, 11) is 0. The summed E-state index contributed by atoms with van der Waals surface area (Å²) in [6.07, 6.45) is 1.55. The topological polar surface area (TPSA) is 75.7 Å². The summed E-state index contributed by atoms with van der Waals surface area (Å²) in [6, 6.07) is 8.56. The first-order valence-corrected chi connectivity index (χ1v) is 10.4. The number of anilines is 1. The summed E-state index contributed by atoms with van der Waals surface area (Å²) in [4.78, 5) is 39.3. The molecule has 0 atom stereocenters. The zero-order valence-electron chi connectivity index (χ0n) is 18.8. The predicted molar refractivity (Wildman–Crippen MR) is 121 cm³/mol. The van der Waals surface area contributed by atoms with Crippen LogP contribution in [-0.2, 0) is 9.59 Å². The number of nitrogens with one attached hydrogen (secondary N) is 1. The second kappa shape index (κ2) is 8.76. The van der Waals surface area contributed by atoms with Crippen LogP contribution < -0.4 is 15.0 Å². The van der Waals surface area contributed by atoms with Crippen LogP contribution >= 0.6 is 0 Å². The molecule has 0 bridgehead atoms. The molecule has 1 N–H and O–H groups in total. The maximum absolute atomic E-state index is 13.2. The standard InChI is InChI=1S/C25H28N2O4/c1-7-31-22-11-17(6)18(12-20(22)14(2)3)13-21-23(28)26-25(30)27(24(21)29)19-9-15(4)8-16(5)10-19/h8-14H,7H2,1-6H3,(H,26,28,30)/b21-13+. The second-order valence-corrected chi connectivity index (χ2v) is 8.14. The van der Waals surface area contributed by atoms with E-state index in [4.69, 9.17) is 4.74 Å². The molecule has 4 amide bonds. The largest absolute Gasteiger partial charge is 0.494 e. The maximum Gasteiger partial charge on any atom is 0.335 e. The second-order valence-electron chi connectivity index (χ2n) is 8.14. The number of barbiturate groups is 1. The highest BCUT2D eigenvalue weighted by Crippen LogP contribution is 2.32. The maximum atomic E-state index is 13.2. The van der Waals surface area contributed by atoms with Gasteiger partial charge in [-0.25, -0.2) is 9.69 Å². The van der Waals surface area contributed by atoms with Gasteiger partial charge < -0.3 is 4.74 Å². The Bertz CT molecular complexity index is 1080. The van der Waals surface area contributed by atoms with E-state index in [1.807, 2.05) is 45.9 Å². The molecule has 6 heteroatoms. The Balaban J connectivity index is 2.09. The van der Waals surface area contributed by atoms with Crippen LogP contribution in [0.25, 0.3) is 6.08 Å². The van der Waals surface area contributed by atoms with Crippen molar-refractivity contribution in [3.8, 4) is 5.75 Å². The molecule has 1 aliphatic rings. The van der Waals surface area contributed by atoms with Crippen molar-refractivity contribution in [3.63, 3.8) is 0 Å². The summed E-state index contributed by atoms with van der Waals surface area (Å²) in [5.74, 6) is -0.347. The lowest BCUT2D eigenvalue weighted by Crippen LogP contribution is -2.54. The molecule has 0 saturated carbocycles. The van der Waals surface area contributed by atoms with Gasteiger partial charge in [-0.05, 0) is 91.8 Å². The molecule has 0 spiro atoms. The molecular weight excluding hydrogens is 392 g/mol. The number of nitrogens with zero attached hydrogens (tertiary/aromatic N) is 1. The molecule has 1 fully saturated rings. The lowest BCUT2D eigenvalue weighted by atomic mass is 9.94. The third kappa shape index (κ3) is 4.53. The number of urea groups is 1. The molecule has 162 valence electrons.